The van der Waals surface area contributed by atoms with E-state index in [0.717, 1.165) is 17.4 Å². The Kier molecular flexibility index (Phi) is 5.32. The molecule has 1 aromatic carbocycles. The highest BCUT2D eigenvalue weighted by Crippen LogP contribution is 2.27. The van der Waals surface area contributed by atoms with Crippen molar-refractivity contribution in [3.05, 3.63) is 29.3 Å². The predicted molar refractivity (Wildman–Crippen MR) is 86.2 cm³/mol. The fourth-order valence-electron chi connectivity index (χ4n) is 2.51. The van der Waals surface area contributed by atoms with Crippen molar-refractivity contribution >= 4 is 22.6 Å². The molecule has 1 aliphatic rings. The fourth-order valence-corrected chi connectivity index (χ4v) is 3.42. The van der Waals surface area contributed by atoms with Crippen molar-refractivity contribution < 1.29 is 0 Å². The molecule has 0 aliphatic heterocycles. The molecular formula is C16H24N2S. The van der Waals surface area contributed by atoms with Gasteiger partial charge in [0.2, 0.25) is 0 Å². The number of rotatable bonds is 3. The number of benzene rings is 1. The summed E-state index contributed by atoms with van der Waals surface area (Å²) >= 11 is 1.72. The summed E-state index contributed by atoms with van der Waals surface area (Å²) < 4.78 is 0. The lowest BCUT2D eigenvalue weighted by Gasteiger charge is -2.20. The molecule has 0 heterocycles. The zero-order valence-corrected chi connectivity index (χ0v) is 12.8. The normalized spacial score (nSPS) is 17.7. The van der Waals surface area contributed by atoms with Crippen molar-refractivity contribution in [3.63, 3.8) is 0 Å². The van der Waals surface area contributed by atoms with E-state index in [1.807, 2.05) is 6.07 Å². The molecule has 19 heavy (non-hydrogen) atoms. The first kappa shape index (κ1) is 14.4. The third-order valence-corrected chi connectivity index (χ3v) is 4.95. The van der Waals surface area contributed by atoms with E-state index < -0.39 is 0 Å². The Morgan fingerprint density at radius 1 is 1.21 bits per heavy atom. The minimum atomic E-state index is 0.703. The summed E-state index contributed by atoms with van der Waals surface area (Å²) in [6, 6.07) is 6.24. The Balaban J connectivity index is 1.88. The third-order valence-electron chi connectivity index (χ3n) is 3.92. The van der Waals surface area contributed by atoms with Gasteiger partial charge in [-0.25, -0.2) is 4.99 Å². The number of nitrogens with zero attached hydrogens (tertiary/aromatic N) is 1. The van der Waals surface area contributed by atoms with Crippen molar-refractivity contribution in [1.29, 1.82) is 0 Å². The number of aliphatic imine (C=N–C) groups is 1. The van der Waals surface area contributed by atoms with E-state index in [4.69, 9.17) is 5.73 Å². The molecule has 104 valence electrons. The highest BCUT2D eigenvalue weighted by Gasteiger charge is 2.13. The molecule has 1 saturated carbocycles. The average Bonchev–Trinajstić information content (AvgIpc) is 2.42. The smallest absolute Gasteiger partial charge is 0.159 e. The number of hydrogen-bond donors (Lipinski definition) is 1. The maximum Gasteiger partial charge on any atom is 0.159 e. The van der Waals surface area contributed by atoms with E-state index in [9.17, 15) is 0 Å². The van der Waals surface area contributed by atoms with E-state index in [2.05, 4.69) is 31.0 Å². The topological polar surface area (TPSA) is 38.4 Å². The van der Waals surface area contributed by atoms with Gasteiger partial charge in [-0.15, -0.1) is 0 Å². The summed E-state index contributed by atoms with van der Waals surface area (Å²) in [7, 11) is 0. The van der Waals surface area contributed by atoms with Gasteiger partial charge in [0.05, 0.1) is 5.69 Å². The van der Waals surface area contributed by atoms with Gasteiger partial charge in [-0.2, -0.15) is 0 Å². The van der Waals surface area contributed by atoms with Gasteiger partial charge < -0.3 is 5.73 Å². The zero-order valence-electron chi connectivity index (χ0n) is 12.0. The molecule has 0 aromatic heterocycles. The van der Waals surface area contributed by atoms with Crippen LogP contribution in [0.15, 0.2) is 23.2 Å². The molecule has 0 amide bonds. The molecule has 0 unspecified atom stereocenters. The van der Waals surface area contributed by atoms with Crippen LogP contribution in [-0.2, 0) is 0 Å². The van der Waals surface area contributed by atoms with Crippen molar-refractivity contribution in [2.45, 2.75) is 46.0 Å². The number of nitrogens with two attached hydrogens (primary N) is 1. The maximum atomic E-state index is 6.02. The van der Waals surface area contributed by atoms with E-state index in [-0.39, 0.29) is 0 Å². The molecule has 2 rings (SSSR count). The minimum absolute atomic E-state index is 0.703. The lowest BCUT2D eigenvalue weighted by atomic mass is 9.91. The first-order chi connectivity index (χ1) is 9.15. The Bertz CT molecular complexity index is 448. The molecule has 1 aromatic rings. The fraction of sp³-hybridized carbons (Fsp3) is 0.562. The van der Waals surface area contributed by atoms with Gasteiger partial charge in [-0.3, -0.25) is 0 Å². The first-order valence-electron chi connectivity index (χ1n) is 7.19. The van der Waals surface area contributed by atoms with Crippen LogP contribution < -0.4 is 5.73 Å². The van der Waals surface area contributed by atoms with Gasteiger partial charge in [0.1, 0.15) is 0 Å². The second kappa shape index (κ2) is 6.99. The van der Waals surface area contributed by atoms with Crippen LogP contribution in [0.1, 0.15) is 43.2 Å². The van der Waals surface area contributed by atoms with Crippen molar-refractivity contribution in [2.24, 2.45) is 16.6 Å². The molecule has 2 N–H and O–H groups in total. The molecule has 0 saturated heterocycles. The molecule has 0 radical (unpaired) electrons. The van der Waals surface area contributed by atoms with Crippen LogP contribution in [0.2, 0.25) is 0 Å². The molecule has 1 fully saturated rings. The maximum absolute atomic E-state index is 6.02. The van der Waals surface area contributed by atoms with Crippen LogP contribution in [0.5, 0.6) is 0 Å². The van der Waals surface area contributed by atoms with Gasteiger partial charge in [0.25, 0.3) is 0 Å². The van der Waals surface area contributed by atoms with Gasteiger partial charge in [-0.1, -0.05) is 37.1 Å². The molecule has 1 aliphatic carbocycles. The summed E-state index contributed by atoms with van der Waals surface area (Å²) in [6.07, 6.45) is 6.92. The van der Waals surface area contributed by atoms with E-state index in [1.165, 1.54) is 43.2 Å². The molecular weight excluding hydrogens is 252 g/mol. The quantitative estimate of drug-likeness (QED) is 0.649. The van der Waals surface area contributed by atoms with E-state index in [1.54, 1.807) is 11.8 Å². The van der Waals surface area contributed by atoms with Crippen LogP contribution >= 0.6 is 11.8 Å². The third kappa shape index (κ3) is 4.57. The first-order valence-corrected chi connectivity index (χ1v) is 8.18. The number of thioether (sulfide) groups is 1. The van der Waals surface area contributed by atoms with Crippen LogP contribution in [0.3, 0.4) is 0 Å². The van der Waals surface area contributed by atoms with Crippen molar-refractivity contribution in [1.82, 2.24) is 0 Å². The lowest BCUT2D eigenvalue weighted by molar-refractivity contribution is 0.391. The van der Waals surface area contributed by atoms with E-state index >= 15 is 0 Å². The highest BCUT2D eigenvalue weighted by molar-refractivity contribution is 8.13. The van der Waals surface area contributed by atoms with Gasteiger partial charge in [-0.05, 0) is 55.9 Å². The predicted octanol–water partition coefficient (Wildman–Crippen LogP) is 4.56. The Labute approximate surface area is 120 Å². The Hall–Kier alpha value is -0.960. The number of hydrogen-bond acceptors (Lipinski definition) is 2. The molecule has 2 nitrogen and oxygen atoms in total. The van der Waals surface area contributed by atoms with Crippen LogP contribution in [0.4, 0.5) is 5.69 Å². The Morgan fingerprint density at radius 2 is 1.95 bits per heavy atom. The highest BCUT2D eigenvalue weighted by atomic mass is 32.2. The van der Waals surface area contributed by atoms with Crippen LogP contribution in [0, 0.1) is 19.8 Å². The van der Waals surface area contributed by atoms with Gasteiger partial charge >= 0.3 is 0 Å². The lowest BCUT2D eigenvalue weighted by Crippen LogP contribution is -2.13. The minimum Gasteiger partial charge on any atom is -0.378 e. The van der Waals surface area contributed by atoms with Crippen LogP contribution in [-0.4, -0.2) is 10.9 Å². The summed E-state index contributed by atoms with van der Waals surface area (Å²) in [5, 5.41) is 0.703. The second-order valence-electron chi connectivity index (χ2n) is 5.53. The summed E-state index contributed by atoms with van der Waals surface area (Å²) in [5.41, 5.74) is 9.56. The van der Waals surface area contributed by atoms with E-state index in [0.29, 0.717) is 5.17 Å². The van der Waals surface area contributed by atoms with Crippen molar-refractivity contribution in [2.75, 3.05) is 5.75 Å². The number of amidine groups is 1. The standard InChI is InChI=1S/C16H24N2S/c1-12-8-9-15(10-13(12)2)18-16(17)19-11-14-6-4-3-5-7-14/h8-10,14H,3-7,11H2,1-2H3,(H2,17,18). The summed E-state index contributed by atoms with van der Waals surface area (Å²) in [6.45, 7) is 4.23. The molecule has 0 bridgehead atoms. The van der Waals surface area contributed by atoms with Crippen LogP contribution in [0.25, 0.3) is 0 Å². The second-order valence-corrected chi connectivity index (χ2v) is 6.57. The largest absolute Gasteiger partial charge is 0.378 e. The zero-order chi connectivity index (χ0) is 13.7. The summed E-state index contributed by atoms with van der Waals surface area (Å²) in [4.78, 5) is 4.50. The average molecular weight is 276 g/mol. The monoisotopic (exact) mass is 276 g/mol. The molecule has 0 spiro atoms. The molecule has 0 atom stereocenters. The summed E-state index contributed by atoms with van der Waals surface area (Å²) in [5.74, 6) is 1.97. The number of aryl methyl sites for hydroxylation is 2. The van der Waals surface area contributed by atoms with Crippen molar-refractivity contribution in [3.8, 4) is 0 Å². The SMILES string of the molecule is Cc1ccc(N=C(N)SCC2CCCCC2)cc1C. The Morgan fingerprint density at radius 3 is 2.63 bits per heavy atom. The van der Waals surface area contributed by atoms with Gasteiger partial charge in [0.15, 0.2) is 5.17 Å². The van der Waals surface area contributed by atoms with Gasteiger partial charge in [0, 0.05) is 5.75 Å². The molecule has 3 heteroatoms.